The van der Waals surface area contributed by atoms with Gasteiger partial charge in [0.05, 0.1) is 5.71 Å². The van der Waals surface area contributed by atoms with Crippen molar-refractivity contribution in [3.05, 3.63) is 11.6 Å². The SMILES string of the molecule is C#C[C@@]1(O)CC[C@H]2[C@@H]3CCC4=C/C(=N\OCC(=O)N[C@H](C(=O)N[C@@H](CCC(N)=O)C(=O)O)C(C)C)CC[C@]4(C)[C@H]3CC[C@@]21C. The summed E-state index contributed by atoms with van der Waals surface area (Å²) >= 11 is 0. The highest BCUT2D eigenvalue weighted by molar-refractivity contribution is 5.96. The van der Waals surface area contributed by atoms with Crippen LogP contribution in [-0.2, 0) is 24.0 Å². The summed E-state index contributed by atoms with van der Waals surface area (Å²) in [5.74, 6) is 0.706. The van der Waals surface area contributed by atoms with Gasteiger partial charge in [-0.2, -0.15) is 0 Å². The number of nitrogens with two attached hydrogens (primary N) is 1. The number of hydrogen-bond donors (Lipinski definition) is 5. The maximum atomic E-state index is 12.8. The van der Waals surface area contributed by atoms with Gasteiger partial charge in [-0.05, 0) is 93.0 Å². The zero-order valence-electron chi connectivity index (χ0n) is 26.4. The van der Waals surface area contributed by atoms with Crippen molar-refractivity contribution in [3.63, 3.8) is 0 Å². The zero-order valence-corrected chi connectivity index (χ0v) is 26.4. The summed E-state index contributed by atoms with van der Waals surface area (Å²) in [4.78, 5) is 53.4. The van der Waals surface area contributed by atoms with Gasteiger partial charge >= 0.3 is 5.97 Å². The molecule has 0 saturated heterocycles. The van der Waals surface area contributed by atoms with Gasteiger partial charge in [-0.25, -0.2) is 4.79 Å². The number of nitrogens with zero attached hydrogens (tertiary/aromatic N) is 1. The number of carbonyl (C=O) groups is 4. The molecule has 0 radical (unpaired) electrons. The minimum atomic E-state index is -1.31. The van der Waals surface area contributed by atoms with Crippen LogP contribution in [0.2, 0.25) is 0 Å². The number of allylic oxidation sites excluding steroid dienone is 2. The highest BCUT2D eigenvalue weighted by atomic mass is 16.6. The number of carboxylic acid groups (broad SMARTS) is 1. The van der Waals surface area contributed by atoms with Crippen LogP contribution in [0.1, 0.15) is 91.9 Å². The summed E-state index contributed by atoms with van der Waals surface area (Å²) in [5, 5.41) is 29.9. The van der Waals surface area contributed by atoms with Crippen molar-refractivity contribution in [1.82, 2.24) is 10.6 Å². The van der Waals surface area contributed by atoms with Crippen LogP contribution in [0, 0.1) is 46.8 Å². The van der Waals surface area contributed by atoms with Gasteiger partial charge in [0, 0.05) is 11.8 Å². The number of aliphatic carboxylic acids is 1. The van der Waals surface area contributed by atoms with E-state index in [1.54, 1.807) is 13.8 Å². The Morgan fingerprint density at radius 3 is 2.45 bits per heavy atom. The van der Waals surface area contributed by atoms with Gasteiger partial charge in [0.2, 0.25) is 11.8 Å². The number of rotatable bonds is 11. The van der Waals surface area contributed by atoms with Crippen molar-refractivity contribution in [3.8, 4) is 12.3 Å². The first kappa shape index (κ1) is 33.5. The molecule has 11 heteroatoms. The minimum Gasteiger partial charge on any atom is -0.480 e. The lowest BCUT2D eigenvalue weighted by Gasteiger charge is -2.58. The number of aliphatic hydroxyl groups is 1. The van der Waals surface area contributed by atoms with E-state index in [9.17, 15) is 29.4 Å². The third kappa shape index (κ3) is 6.37. The topological polar surface area (TPSA) is 180 Å². The van der Waals surface area contributed by atoms with Crippen LogP contribution >= 0.6 is 0 Å². The van der Waals surface area contributed by atoms with Gasteiger partial charge in [-0.1, -0.05) is 44.3 Å². The molecule has 11 nitrogen and oxygen atoms in total. The molecule has 6 N–H and O–H groups in total. The fraction of sp³-hybridized carbons (Fsp3) is 0.727. The van der Waals surface area contributed by atoms with Crippen LogP contribution in [0.4, 0.5) is 0 Å². The number of primary amides is 1. The Labute approximate surface area is 259 Å². The second kappa shape index (κ2) is 12.9. The maximum absolute atomic E-state index is 12.8. The van der Waals surface area contributed by atoms with Gasteiger partial charge in [-0.15, -0.1) is 6.42 Å². The molecule has 4 aliphatic carbocycles. The number of fused-ring (bicyclic) bond motifs is 5. The lowest BCUT2D eigenvalue weighted by molar-refractivity contribution is -0.143. The molecule has 8 atom stereocenters. The van der Waals surface area contributed by atoms with Crippen LogP contribution in [-0.4, -0.2) is 63.9 Å². The molecular weight excluding hydrogens is 564 g/mol. The fourth-order valence-electron chi connectivity index (χ4n) is 8.63. The molecule has 4 rings (SSSR count). The van der Waals surface area contributed by atoms with E-state index in [4.69, 9.17) is 17.0 Å². The zero-order chi connectivity index (χ0) is 32.4. The van der Waals surface area contributed by atoms with Crippen LogP contribution in [0.5, 0.6) is 0 Å². The van der Waals surface area contributed by atoms with E-state index in [1.165, 1.54) is 5.57 Å². The van der Waals surface area contributed by atoms with Crippen LogP contribution in [0.3, 0.4) is 0 Å². The van der Waals surface area contributed by atoms with Gasteiger partial charge in [-0.3, -0.25) is 14.4 Å². The monoisotopic (exact) mass is 612 g/mol. The van der Waals surface area contributed by atoms with Crippen molar-refractivity contribution in [2.45, 2.75) is 110 Å². The molecule has 0 aromatic heterocycles. The van der Waals surface area contributed by atoms with Crippen LogP contribution in [0.25, 0.3) is 0 Å². The molecule has 44 heavy (non-hydrogen) atoms. The van der Waals surface area contributed by atoms with E-state index in [2.05, 4.69) is 41.6 Å². The van der Waals surface area contributed by atoms with E-state index in [0.29, 0.717) is 24.2 Å². The molecule has 0 spiro atoms. The first-order valence-corrected chi connectivity index (χ1v) is 15.9. The summed E-state index contributed by atoms with van der Waals surface area (Å²) in [6.07, 6.45) is 14.9. The first-order valence-electron chi connectivity index (χ1n) is 15.9. The number of carbonyl (C=O) groups excluding carboxylic acids is 3. The van der Waals surface area contributed by atoms with Crippen molar-refractivity contribution < 1.29 is 34.2 Å². The van der Waals surface area contributed by atoms with Gasteiger partial charge in [0.1, 0.15) is 17.7 Å². The van der Waals surface area contributed by atoms with Crippen molar-refractivity contribution >= 4 is 29.4 Å². The summed E-state index contributed by atoms with van der Waals surface area (Å²) in [5.41, 5.74) is 6.07. The van der Waals surface area contributed by atoms with E-state index >= 15 is 0 Å². The molecule has 3 saturated carbocycles. The quantitative estimate of drug-likeness (QED) is 0.176. The predicted molar refractivity (Wildman–Crippen MR) is 164 cm³/mol. The van der Waals surface area contributed by atoms with Gasteiger partial charge < -0.3 is 31.4 Å². The van der Waals surface area contributed by atoms with E-state index in [0.717, 1.165) is 50.7 Å². The highest BCUT2D eigenvalue weighted by Crippen LogP contribution is 2.67. The number of carboxylic acids is 1. The fourth-order valence-corrected chi connectivity index (χ4v) is 8.63. The molecule has 4 aliphatic rings. The summed E-state index contributed by atoms with van der Waals surface area (Å²) in [6, 6.07) is -2.31. The average molecular weight is 613 g/mol. The summed E-state index contributed by atoms with van der Waals surface area (Å²) < 4.78 is 0. The first-order chi connectivity index (χ1) is 20.6. The lowest BCUT2D eigenvalue weighted by atomic mass is 9.46. The molecule has 242 valence electrons. The standard InChI is InChI=1S/C33H48N4O7/c1-6-33(43)16-13-24-22-8-7-20-17-21(11-14-31(20,4)23(22)12-15-32(24,33)5)37-44-18-27(39)36-28(19(2)3)29(40)35-25(30(41)42)9-10-26(34)38/h1,17,19,22-25,28,43H,7-16,18H2,2-5H3,(H2,34,38)(H,35,40)(H,36,39)(H,41,42)/b37-21-/t22-,23+,24+,25+,28+,31+,32+,33-/m1/s1. The summed E-state index contributed by atoms with van der Waals surface area (Å²) in [6.45, 7) is 7.61. The number of nitrogens with one attached hydrogen (secondary N) is 2. The van der Waals surface area contributed by atoms with Crippen molar-refractivity contribution in [2.24, 2.45) is 45.4 Å². The van der Waals surface area contributed by atoms with E-state index in [-0.39, 0.29) is 29.6 Å². The number of hydrogen-bond acceptors (Lipinski definition) is 7. The Morgan fingerprint density at radius 1 is 1.11 bits per heavy atom. The third-order valence-electron chi connectivity index (χ3n) is 11.3. The third-order valence-corrected chi connectivity index (χ3v) is 11.3. The highest BCUT2D eigenvalue weighted by Gasteiger charge is 2.63. The van der Waals surface area contributed by atoms with E-state index in [1.807, 2.05) is 0 Å². The molecule has 0 aliphatic heterocycles. The minimum absolute atomic E-state index is 0.0561. The Morgan fingerprint density at radius 2 is 1.82 bits per heavy atom. The molecular formula is C33H48N4O7. The number of terminal acetylenes is 1. The Hall–Kier alpha value is -3.39. The molecule has 0 heterocycles. The second-order valence-electron chi connectivity index (χ2n) is 14.1. The molecule has 3 amide bonds. The molecule has 0 aromatic rings. The predicted octanol–water partition coefficient (Wildman–Crippen LogP) is 2.66. The number of amides is 3. The van der Waals surface area contributed by atoms with Crippen molar-refractivity contribution in [1.29, 1.82) is 0 Å². The van der Waals surface area contributed by atoms with Gasteiger partial charge in [0.15, 0.2) is 6.61 Å². The molecule has 0 aromatic carbocycles. The van der Waals surface area contributed by atoms with Gasteiger partial charge in [0.25, 0.3) is 5.91 Å². The summed E-state index contributed by atoms with van der Waals surface area (Å²) in [7, 11) is 0. The Balaban J connectivity index is 1.34. The Kier molecular flexibility index (Phi) is 9.84. The largest absolute Gasteiger partial charge is 0.480 e. The maximum Gasteiger partial charge on any atom is 0.326 e. The smallest absolute Gasteiger partial charge is 0.326 e. The van der Waals surface area contributed by atoms with Crippen molar-refractivity contribution in [2.75, 3.05) is 6.61 Å². The average Bonchev–Trinajstić information content (AvgIpc) is 3.24. The molecule has 0 bridgehead atoms. The number of oxime groups is 1. The molecule has 3 fully saturated rings. The lowest BCUT2D eigenvalue weighted by Crippen LogP contribution is -2.54. The normalized spacial score (nSPS) is 34.8. The van der Waals surface area contributed by atoms with E-state index < -0.39 is 48.0 Å². The van der Waals surface area contributed by atoms with Crippen LogP contribution < -0.4 is 16.4 Å². The van der Waals surface area contributed by atoms with Crippen LogP contribution in [0.15, 0.2) is 16.8 Å². The molecule has 0 unspecified atom stereocenters. The Bertz CT molecular complexity index is 1270. The second-order valence-corrected chi connectivity index (χ2v) is 14.1.